The zero-order valence-electron chi connectivity index (χ0n) is 48.8. The second-order valence-corrected chi connectivity index (χ2v) is 23.0. The summed E-state index contributed by atoms with van der Waals surface area (Å²) >= 11 is 0. The lowest BCUT2D eigenvalue weighted by atomic mass is 9.96. The number of aliphatic hydroxyl groups excluding tert-OH is 2. The van der Waals surface area contributed by atoms with Crippen molar-refractivity contribution < 1.29 is 56.0 Å². The molecule has 0 saturated carbocycles. The standard InChI is InChI=1S/C60H115NO12S/c1-4-7-10-13-16-19-21-23-25-27-29-31-33-36-39-42-45-48-55(64)70-52(47-44-41-38-35-18-15-12-9-6-3)50-54(63)61-57-59(58(73-74(67,68)69)53(51-62)71-60(57)66)72-56(65)49-46-43-40-37-34-32-30-28-26-24-22-20-17-14-11-8-5-2/h52-53,57-60,62,66H,4-51H2,1-3H3,(H,61,63)(H,67,68,69)/t52-,53-,57-,58-,59-,60?/m1/s1/i/hD. The second-order valence-electron chi connectivity index (χ2n) is 22.0. The minimum atomic E-state index is -4.99. The quantitative estimate of drug-likeness (QED) is 0.0256. The third kappa shape index (κ3) is 41.3. The summed E-state index contributed by atoms with van der Waals surface area (Å²) in [4.78, 5) is 40.4. The molecule has 1 aliphatic rings. The van der Waals surface area contributed by atoms with E-state index in [4.69, 9.17) is 19.8 Å². The summed E-state index contributed by atoms with van der Waals surface area (Å²) in [6, 6.07) is -1.54. The van der Waals surface area contributed by atoms with E-state index in [0.717, 1.165) is 70.6 Å². The number of hydrogen-bond acceptors (Lipinski definition) is 12. The fourth-order valence-corrected chi connectivity index (χ4v) is 10.9. The lowest BCUT2D eigenvalue weighted by molar-refractivity contribution is -0.254. The average Bonchev–Trinajstić information content (AvgIpc) is 3.39. The summed E-state index contributed by atoms with van der Waals surface area (Å²) in [5.41, 5.74) is 0. The van der Waals surface area contributed by atoms with E-state index in [9.17, 15) is 33.0 Å². The van der Waals surface area contributed by atoms with Gasteiger partial charge in [-0.1, -0.05) is 278 Å². The van der Waals surface area contributed by atoms with Crippen molar-refractivity contribution in [1.29, 1.82) is 1.43 Å². The maximum atomic E-state index is 13.8. The van der Waals surface area contributed by atoms with Gasteiger partial charge in [-0.15, -0.1) is 0 Å². The molecule has 438 valence electrons. The molecule has 0 aromatic heterocycles. The van der Waals surface area contributed by atoms with E-state index in [1.54, 1.807) is 0 Å². The first-order valence-corrected chi connectivity index (χ1v) is 32.6. The van der Waals surface area contributed by atoms with Gasteiger partial charge >= 0.3 is 22.3 Å². The van der Waals surface area contributed by atoms with Gasteiger partial charge in [0.2, 0.25) is 7.34 Å². The number of ether oxygens (including phenoxy) is 3. The van der Waals surface area contributed by atoms with Gasteiger partial charge in [0.25, 0.3) is 0 Å². The van der Waals surface area contributed by atoms with Gasteiger partial charge in [-0.3, -0.25) is 18.9 Å². The molecule has 1 unspecified atom stereocenters. The van der Waals surface area contributed by atoms with E-state index < -0.39 is 65.6 Å². The van der Waals surface area contributed by atoms with Crippen LogP contribution in [0.1, 0.15) is 323 Å². The number of aliphatic hydroxyl groups is 2. The maximum absolute atomic E-state index is 13.8. The summed E-state index contributed by atoms with van der Waals surface area (Å²) in [5.74, 6) is -1.74. The van der Waals surface area contributed by atoms with Crippen molar-refractivity contribution in [3.05, 3.63) is 0 Å². The van der Waals surface area contributed by atoms with Crippen molar-refractivity contribution in [3.63, 3.8) is 0 Å². The molecule has 1 aliphatic heterocycles. The lowest BCUT2D eigenvalue weighted by Crippen LogP contribution is -2.66. The van der Waals surface area contributed by atoms with Crippen molar-refractivity contribution in [2.45, 2.75) is 359 Å². The maximum Gasteiger partial charge on any atom is 0.397 e. The number of hydrogen-bond donors (Lipinski definition) is 4. The van der Waals surface area contributed by atoms with Gasteiger partial charge in [-0.2, -0.15) is 8.42 Å². The molecular formula is C60H115NO12S. The molecular weight excluding hydrogens is 959 g/mol. The number of rotatable bonds is 55. The Kier molecular flexibility index (Phi) is 45.6. The summed E-state index contributed by atoms with van der Waals surface area (Å²) in [6.07, 6.45) is 44.1. The molecule has 1 fully saturated rings. The van der Waals surface area contributed by atoms with Crippen LogP contribution in [0.3, 0.4) is 0 Å². The van der Waals surface area contributed by atoms with Crippen molar-refractivity contribution in [3.8, 4) is 0 Å². The Bertz CT molecular complexity index is 1440. The van der Waals surface area contributed by atoms with Crippen molar-refractivity contribution in [1.82, 2.24) is 5.32 Å². The average molecular weight is 1080 g/mol. The minimum Gasteiger partial charge on any atom is -0.462 e. The van der Waals surface area contributed by atoms with E-state index >= 15 is 0 Å². The molecule has 0 bridgehead atoms. The summed E-state index contributed by atoms with van der Waals surface area (Å²) in [6.45, 7) is 5.87. The van der Waals surface area contributed by atoms with Gasteiger partial charge in [0.15, 0.2) is 12.4 Å². The number of nitrogens with one attached hydrogen (secondary N) is 1. The van der Waals surface area contributed by atoms with Crippen LogP contribution < -0.4 is 5.32 Å². The van der Waals surface area contributed by atoms with Crippen LogP contribution in [0.25, 0.3) is 1.43 Å². The van der Waals surface area contributed by atoms with Crippen molar-refractivity contribution in [2.75, 3.05) is 6.61 Å². The topological polar surface area (TPSA) is 195 Å². The predicted molar refractivity (Wildman–Crippen MR) is 300 cm³/mol. The normalized spacial score (nSPS) is 18.6. The van der Waals surface area contributed by atoms with Gasteiger partial charge < -0.3 is 29.7 Å². The van der Waals surface area contributed by atoms with Crippen LogP contribution in [0.5, 0.6) is 0 Å². The first-order valence-electron chi connectivity index (χ1n) is 31.6. The van der Waals surface area contributed by atoms with Crippen LogP contribution in [-0.4, -0.2) is 84.4 Å². The van der Waals surface area contributed by atoms with Gasteiger partial charge in [-0.05, 0) is 25.7 Å². The third-order valence-electron chi connectivity index (χ3n) is 15.0. The Labute approximate surface area is 455 Å². The molecule has 1 amide bonds. The summed E-state index contributed by atoms with van der Waals surface area (Å²) in [5, 5.41) is 23.9. The molecule has 1 heterocycles. The molecule has 4 N–H and O–H groups in total. The molecule has 74 heavy (non-hydrogen) atoms. The first kappa shape index (κ1) is 68.3. The zero-order valence-corrected chi connectivity index (χ0v) is 48.6. The van der Waals surface area contributed by atoms with Gasteiger partial charge in [-0.25, -0.2) is 4.18 Å². The molecule has 13 nitrogen and oxygen atoms in total. The highest BCUT2D eigenvalue weighted by molar-refractivity contribution is 7.80. The second kappa shape index (κ2) is 49.5. The summed E-state index contributed by atoms with van der Waals surface area (Å²) in [7, 11) is -4.99. The highest BCUT2D eigenvalue weighted by Gasteiger charge is 2.50. The summed E-state index contributed by atoms with van der Waals surface area (Å²) < 4.78 is 57.9. The van der Waals surface area contributed by atoms with E-state index in [-0.39, 0.29) is 25.2 Å². The van der Waals surface area contributed by atoms with Crippen LogP contribution in [0.15, 0.2) is 0 Å². The number of carbonyl (C=O) groups is 3. The SMILES string of the molecule is [2H]OS(=O)(=O)O[C@H]1[C@H](OC(=O)CCCCCCCCCCCCCCCCCCC)[C@@H](NC(=O)C[C@@H](CCCCCCCCCCC)OC(=O)CCCCCCCCCCCCCCCCCCC)C(O)O[C@@H]1CO. The Morgan fingerprint density at radius 3 is 1.20 bits per heavy atom. The number of carbonyl (C=O) groups excluding carboxylic acids is 3. The molecule has 6 atom stereocenters. The molecule has 0 aromatic carbocycles. The largest absolute Gasteiger partial charge is 0.462 e. The van der Waals surface area contributed by atoms with Gasteiger partial charge in [0.05, 0.1) is 13.0 Å². The van der Waals surface area contributed by atoms with Crippen LogP contribution >= 0.6 is 0 Å². The fourth-order valence-electron chi connectivity index (χ4n) is 10.4. The van der Waals surface area contributed by atoms with Crippen molar-refractivity contribution >= 4 is 28.2 Å². The van der Waals surface area contributed by atoms with Crippen LogP contribution in [-0.2, 0) is 43.2 Å². The lowest BCUT2D eigenvalue weighted by Gasteiger charge is -2.43. The number of unbranched alkanes of at least 4 members (excludes halogenated alkanes) is 40. The monoisotopic (exact) mass is 1070 g/mol. The molecule has 0 aromatic rings. The highest BCUT2D eigenvalue weighted by Crippen LogP contribution is 2.28. The Balaban J connectivity index is 2.74. The van der Waals surface area contributed by atoms with E-state index in [0.29, 0.717) is 19.3 Å². The zero-order chi connectivity index (χ0) is 54.9. The first-order chi connectivity index (χ1) is 36.5. The van der Waals surface area contributed by atoms with Gasteiger partial charge in [0, 0.05) is 12.8 Å². The highest BCUT2D eigenvalue weighted by atomic mass is 32.3. The Morgan fingerprint density at radius 2 is 0.851 bits per heavy atom. The molecule has 1 rings (SSSR count). The van der Waals surface area contributed by atoms with Crippen LogP contribution in [0.4, 0.5) is 0 Å². The van der Waals surface area contributed by atoms with E-state index in [1.807, 2.05) is 0 Å². The minimum absolute atomic E-state index is 0.0128. The number of esters is 2. The molecule has 14 heteroatoms. The van der Waals surface area contributed by atoms with E-state index in [2.05, 4.69) is 30.6 Å². The fraction of sp³-hybridized carbons (Fsp3) is 0.950. The molecule has 0 radical (unpaired) electrons. The van der Waals surface area contributed by atoms with Crippen LogP contribution in [0, 0.1) is 0 Å². The van der Waals surface area contributed by atoms with Gasteiger partial charge in [0.1, 0.15) is 24.4 Å². The van der Waals surface area contributed by atoms with Crippen LogP contribution in [0.2, 0.25) is 0 Å². The molecule has 1 saturated heterocycles. The third-order valence-corrected chi connectivity index (χ3v) is 15.4. The predicted octanol–water partition coefficient (Wildman–Crippen LogP) is 15.6. The smallest absolute Gasteiger partial charge is 0.397 e. The molecule has 0 aliphatic carbocycles. The van der Waals surface area contributed by atoms with Crippen molar-refractivity contribution in [2.24, 2.45) is 0 Å². The Morgan fingerprint density at radius 1 is 0.514 bits per heavy atom. The number of amides is 1. The Hall–Kier alpha value is -1.84. The molecule has 0 spiro atoms. The van der Waals surface area contributed by atoms with E-state index in [1.165, 1.54) is 193 Å².